The molecule has 0 saturated carbocycles. The standard InChI is InChI=1S/C11H13NO3S2/c1-7(9(13)8-3-2-5-15-8)10(14)12-4-6-17-11(12)16/h2-3,5,7,9,13H,4,6H2,1H3/t7-,9-/m1/s1. The largest absolute Gasteiger partial charge is 0.467 e. The number of aliphatic hydroxyl groups is 1. The van der Waals surface area contributed by atoms with E-state index in [1.807, 2.05) is 0 Å². The highest BCUT2D eigenvalue weighted by Gasteiger charge is 2.33. The third-order valence-electron chi connectivity index (χ3n) is 2.72. The second kappa shape index (κ2) is 5.20. The number of thiocarbonyl (C=S) groups is 1. The number of furan rings is 1. The molecule has 0 aromatic carbocycles. The van der Waals surface area contributed by atoms with Crippen molar-refractivity contribution in [1.29, 1.82) is 0 Å². The minimum absolute atomic E-state index is 0.149. The quantitative estimate of drug-likeness (QED) is 0.850. The lowest BCUT2D eigenvalue weighted by atomic mass is 10.0. The molecule has 0 radical (unpaired) electrons. The maximum atomic E-state index is 12.1. The van der Waals surface area contributed by atoms with Gasteiger partial charge < -0.3 is 9.52 Å². The van der Waals surface area contributed by atoms with Crippen LogP contribution in [0.5, 0.6) is 0 Å². The Labute approximate surface area is 109 Å². The smallest absolute Gasteiger partial charge is 0.233 e. The average Bonchev–Trinajstić information content (AvgIpc) is 2.96. The zero-order chi connectivity index (χ0) is 12.4. The highest BCUT2D eigenvalue weighted by molar-refractivity contribution is 8.23. The predicted octanol–water partition coefficient (Wildman–Crippen LogP) is 1.81. The summed E-state index contributed by atoms with van der Waals surface area (Å²) in [5.41, 5.74) is 0. The van der Waals surface area contributed by atoms with E-state index in [1.54, 1.807) is 24.0 Å². The molecule has 6 heteroatoms. The molecule has 1 saturated heterocycles. The summed E-state index contributed by atoms with van der Waals surface area (Å²) in [5.74, 6) is 0.527. The molecular weight excluding hydrogens is 258 g/mol. The fraction of sp³-hybridized carbons (Fsp3) is 0.455. The van der Waals surface area contributed by atoms with Gasteiger partial charge in [-0.2, -0.15) is 0 Å². The van der Waals surface area contributed by atoms with Crippen molar-refractivity contribution in [3.05, 3.63) is 24.2 Å². The van der Waals surface area contributed by atoms with Crippen molar-refractivity contribution in [3.63, 3.8) is 0 Å². The van der Waals surface area contributed by atoms with Crippen molar-refractivity contribution >= 4 is 34.2 Å². The van der Waals surface area contributed by atoms with Gasteiger partial charge in [0.2, 0.25) is 5.91 Å². The topological polar surface area (TPSA) is 53.7 Å². The van der Waals surface area contributed by atoms with Crippen molar-refractivity contribution in [3.8, 4) is 0 Å². The zero-order valence-electron chi connectivity index (χ0n) is 9.33. The Morgan fingerprint density at radius 2 is 2.47 bits per heavy atom. The highest BCUT2D eigenvalue weighted by atomic mass is 32.2. The van der Waals surface area contributed by atoms with E-state index in [1.165, 1.54) is 18.0 Å². The Kier molecular flexibility index (Phi) is 3.86. The fourth-order valence-electron chi connectivity index (χ4n) is 1.68. The molecule has 0 bridgehead atoms. The maximum absolute atomic E-state index is 12.1. The van der Waals surface area contributed by atoms with Crippen LogP contribution >= 0.6 is 24.0 Å². The molecule has 1 aliphatic heterocycles. The van der Waals surface area contributed by atoms with Gasteiger partial charge >= 0.3 is 0 Å². The van der Waals surface area contributed by atoms with E-state index in [0.717, 1.165) is 5.75 Å². The first-order chi connectivity index (χ1) is 8.11. The van der Waals surface area contributed by atoms with Gasteiger partial charge in [-0.05, 0) is 12.1 Å². The first kappa shape index (κ1) is 12.6. The molecule has 1 aromatic rings. The molecule has 2 rings (SSSR count). The summed E-state index contributed by atoms with van der Waals surface area (Å²) >= 11 is 6.58. The second-order valence-electron chi connectivity index (χ2n) is 3.85. The van der Waals surface area contributed by atoms with E-state index in [2.05, 4.69) is 0 Å². The van der Waals surface area contributed by atoms with Gasteiger partial charge in [0, 0.05) is 12.3 Å². The summed E-state index contributed by atoms with van der Waals surface area (Å²) in [7, 11) is 0. The lowest BCUT2D eigenvalue weighted by Gasteiger charge is -2.22. The number of hydrogen-bond donors (Lipinski definition) is 1. The van der Waals surface area contributed by atoms with Gasteiger partial charge in [-0.1, -0.05) is 30.9 Å². The van der Waals surface area contributed by atoms with E-state index in [9.17, 15) is 9.90 Å². The third-order valence-corrected chi connectivity index (χ3v) is 4.15. The number of rotatable bonds is 3. The van der Waals surface area contributed by atoms with E-state index < -0.39 is 12.0 Å². The molecule has 1 amide bonds. The van der Waals surface area contributed by atoms with Crippen LogP contribution in [0.1, 0.15) is 18.8 Å². The summed E-state index contributed by atoms with van der Waals surface area (Å²) in [6.07, 6.45) is 0.553. The number of carbonyl (C=O) groups excluding carboxylic acids is 1. The van der Waals surface area contributed by atoms with Crippen molar-refractivity contribution < 1.29 is 14.3 Å². The Hall–Kier alpha value is -0.850. The molecule has 0 unspecified atom stereocenters. The van der Waals surface area contributed by atoms with Crippen LogP contribution in [0.3, 0.4) is 0 Å². The maximum Gasteiger partial charge on any atom is 0.233 e. The van der Waals surface area contributed by atoms with Crippen molar-refractivity contribution in [2.45, 2.75) is 13.0 Å². The van der Waals surface area contributed by atoms with E-state index in [0.29, 0.717) is 16.6 Å². The molecular formula is C11H13NO3S2. The molecule has 0 aliphatic carbocycles. The van der Waals surface area contributed by atoms with Crippen molar-refractivity contribution in [2.24, 2.45) is 5.92 Å². The molecule has 2 atom stereocenters. The first-order valence-electron chi connectivity index (χ1n) is 5.31. The summed E-state index contributed by atoms with van der Waals surface area (Å²) in [5, 5.41) is 10.0. The van der Waals surface area contributed by atoms with Crippen LogP contribution in [0.25, 0.3) is 0 Å². The highest BCUT2D eigenvalue weighted by Crippen LogP contribution is 2.27. The van der Waals surface area contributed by atoms with Crippen LogP contribution in [-0.2, 0) is 4.79 Å². The van der Waals surface area contributed by atoms with Crippen LogP contribution < -0.4 is 0 Å². The molecule has 1 fully saturated rings. The van der Waals surface area contributed by atoms with Crippen LogP contribution in [-0.4, -0.2) is 32.5 Å². The Balaban J connectivity index is 2.07. The molecule has 1 aliphatic rings. The van der Waals surface area contributed by atoms with E-state index in [4.69, 9.17) is 16.6 Å². The van der Waals surface area contributed by atoms with Gasteiger partial charge in [0.15, 0.2) is 0 Å². The molecule has 4 nitrogen and oxygen atoms in total. The number of nitrogens with zero attached hydrogens (tertiary/aromatic N) is 1. The van der Waals surface area contributed by atoms with Crippen LogP contribution in [0.4, 0.5) is 0 Å². The average molecular weight is 271 g/mol. The van der Waals surface area contributed by atoms with E-state index >= 15 is 0 Å². The zero-order valence-corrected chi connectivity index (χ0v) is 11.0. The summed E-state index contributed by atoms with van der Waals surface area (Å²) in [6.45, 7) is 2.30. The number of thioether (sulfide) groups is 1. The number of carbonyl (C=O) groups is 1. The molecule has 1 aromatic heterocycles. The molecule has 0 spiro atoms. The number of hydrogen-bond acceptors (Lipinski definition) is 5. The monoisotopic (exact) mass is 271 g/mol. The van der Waals surface area contributed by atoms with E-state index in [-0.39, 0.29) is 5.91 Å². The minimum Gasteiger partial charge on any atom is -0.467 e. The lowest BCUT2D eigenvalue weighted by molar-refractivity contribution is -0.134. The predicted molar refractivity (Wildman–Crippen MR) is 69.6 cm³/mol. The molecule has 17 heavy (non-hydrogen) atoms. The second-order valence-corrected chi connectivity index (χ2v) is 5.58. The summed E-state index contributed by atoms with van der Waals surface area (Å²) in [6, 6.07) is 3.34. The van der Waals surface area contributed by atoms with Gasteiger partial charge in [-0.25, -0.2) is 0 Å². The Bertz CT molecular complexity index is 418. The van der Waals surface area contributed by atoms with Gasteiger partial charge in [0.25, 0.3) is 0 Å². The fourth-order valence-corrected chi connectivity index (χ4v) is 2.90. The Morgan fingerprint density at radius 1 is 1.71 bits per heavy atom. The van der Waals surface area contributed by atoms with Gasteiger partial charge in [-0.3, -0.25) is 9.69 Å². The number of aliphatic hydroxyl groups excluding tert-OH is 1. The number of amides is 1. The van der Waals surface area contributed by atoms with Crippen LogP contribution in [0.2, 0.25) is 0 Å². The molecule has 2 heterocycles. The van der Waals surface area contributed by atoms with Crippen molar-refractivity contribution in [2.75, 3.05) is 12.3 Å². The van der Waals surface area contributed by atoms with Gasteiger partial charge in [0.05, 0.1) is 12.2 Å². The Morgan fingerprint density at radius 3 is 3.00 bits per heavy atom. The SMILES string of the molecule is C[C@@H](C(=O)N1CCSC1=S)[C@@H](O)c1ccco1. The van der Waals surface area contributed by atoms with Gasteiger partial charge in [-0.15, -0.1) is 0 Å². The lowest BCUT2D eigenvalue weighted by Crippen LogP contribution is -2.37. The first-order valence-corrected chi connectivity index (χ1v) is 6.70. The van der Waals surface area contributed by atoms with Crippen LogP contribution in [0, 0.1) is 5.92 Å². The molecule has 92 valence electrons. The van der Waals surface area contributed by atoms with Gasteiger partial charge in [0.1, 0.15) is 16.2 Å². The normalized spacial score (nSPS) is 19.4. The third kappa shape index (κ3) is 2.53. The van der Waals surface area contributed by atoms with Crippen LogP contribution in [0.15, 0.2) is 22.8 Å². The minimum atomic E-state index is -0.925. The van der Waals surface area contributed by atoms with Crippen molar-refractivity contribution in [1.82, 2.24) is 4.90 Å². The summed E-state index contributed by atoms with van der Waals surface area (Å²) in [4.78, 5) is 13.7. The molecule has 1 N–H and O–H groups in total. The summed E-state index contributed by atoms with van der Waals surface area (Å²) < 4.78 is 5.69.